The van der Waals surface area contributed by atoms with Crippen molar-refractivity contribution in [2.75, 3.05) is 0 Å². The second kappa shape index (κ2) is 4.88. The predicted molar refractivity (Wildman–Crippen MR) is 73.9 cm³/mol. The van der Waals surface area contributed by atoms with E-state index in [0.29, 0.717) is 0 Å². The zero-order valence-corrected chi connectivity index (χ0v) is 13.7. The van der Waals surface area contributed by atoms with Crippen LogP contribution in [0.4, 0.5) is 0 Å². The molecule has 1 rings (SSSR count). The Morgan fingerprint density at radius 2 is 1.56 bits per heavy atom. The number of alkyl halides is 3. The highest BCUT2D eigenvalue weighted by molar-refractivity contribution is 9.42. The van der Waals surface area contributed by atoms with Crippen LogP contribution in [0.25, 0.3) is 0 Å². The monoisotopic (exact) mass is 432 g/mol. The van der Waals surface area contributed by atoms with Crippen LogP contribution >= 0.6 is 47.8 Å². The molecular weight excluding hydrogens is 428 g/mol. The lowest BCUT2D eigenvalue weighted by atomic mass is 10.2. The van der Waals surface area contributed by atoms with Crippen LogP contribution in [0.1, 0.15) is 15.9 Å². The van der Waals surface area contributed by atoms with Crippen LogP contribution in [0.15, 0.2) is 24.3 Å². The summed E-state index contributed by atoms with van der Waals surface area (Å²) in [6, 6.07) is 6.32. The normalized spacial score (nSPS) is 12.5. The van der Waals surface area contributed by atoms with Crippen molar-refractivity contribution in [3.05, 3.63) is 35.4 Å². The Morgan fingerprint density at radius 3 is 1.94 bits per heavy atom. The van der Waals surface area contributed by atoms with Crippen molar-refractivity contribution >= 4 is 62.7 Å². The molecule has 0 fully saturated rings. The van der Waals surface area contributed by atoms with Crippen molar-refractivity contribution in [1.29, 1.82) is 0 Å². The molecule has 0 atom stereocenters. The Morgan fingerprint density at radius 1 is 1.12 bits per heavy atom. The Balaban J connectivity index is 3.19. The van der Waals surface area contributed by atoms with E-state index >= 15 is 0 Å². The molecule has 0 radical (unpaired) electrons. The Labute approximate surface area is 119 Å². The average Bonchev–Trinajstić information content (AvgIpc) is 2.16. The van der Waals surface area contributed by atoms with Crippen LogP contribution in [0, 0.1) is 6.92 Å². The van der Waals surface area contributed by atoms with E-state index < -0.39 is 16.4 Å². The first-order valence-electron chi connectivity index (χ1n) is 4.08. The van der Waals surface area contributed by atoms with Crippen LogP contribution < -0.4 is 0 Å². The van der Waals surface area contributed by atoms with Gasteiger partial charge in [-0.2, -0.15) is 0 Å². The zero-order chi connectivity index (χ0) is 12.6. The van der Waals surface area contributed by atoms with Crippen LogP contribution in [0.5, 0.6) is 0 Å². The van der Waals surface area contributed by atoms with E-state index in [9.17, 15) is 13.2 Å². The molecule has 0 heterocycles. The van der Waals surface area contributed by atoms with E-state index in [2.05, 4.69) is 47.8 Å². The van der Waals surface area contributed by atoms with Gasteiger partial charge < -0.3 is 0 Å². The molecule has 0 N–H and O–H groups in total. The number of halogens is 3. The van der Waals surface area contributed by atoms with Gasteiger partial charge in [-0.3, -0.25) is 4.79 Å². The smallest absolute Gasteiger partial charge is 0.276 e. The van der Waals surface area contributed by atoms with Crippen LogP contribution in [0.2, 0.25) is 0 Å². The third-order valence-corrected chi connectivity index (χ3v) is 7.01. The van der Waals surface area contributed by atoms with Gasteiger partial charge in [-0.15, -0.1) is 0 Å². The maximum absolute atomic E-state index is 11.7. The summed E-state index contributed by atoms with van der Waals surface area (Å²) >= 11 is 8.51. The first-order valence-corrected chi connectivity index (χ1v) is 7.95. The lowest BCUT2D eigenvalue weighted by molar-refractivity contribution is 0.107. The molecule has 0 amide bonds. The molecule has 0 unspecified atom stereocenters. The van der Waals surface area contributed by atoms with Gasteiger partial charge in [0.25, 0.3) is 15.0 Å². The SMILES string of the molecule is Cc1ccc(C(=O)S(=O)(=O)C(Br)(Br)Br)cc1. The van der Waals surface area contributed by atoms with Crippen molar-refractivity contribution in [2.45, 2.75) is 8.40 Å². The maximum atomic E-state index is 11.7. The minimum atomic E-state index is -4.03. The molecule has 0 aliphatic carbocycles. The van der Waals surface area contributed by atoms with Crippen LogP contribution in [-0.4, -0.2) is 15.0 Å². The minimum absolute atomic E-state index is 0.133. The molecule has 1 aromatic rings. The predicted octanol–water partition coefficient (Wildman–Crippen LogP) is 3.35. The van der Waals surface area contributed by atoms with Gasteiger partial charge in [-0.1, -0.05) is 29.8 Å². The zero-order valence-electron chi connectivity index (χ0n) is 8.08. The lowest BCUT2D eigenvalue weighted by Crippen LogP contribution is -2.26. The van der Waals surface area contributed by atoms with Crippen molar-refractivity contribution in [3.63, 3.8) is 0 Å². The number of aryl methyl sites for hydroxylation is 1. The number of sulfone groups is 1. The fraction of sp³-hybridized carbons (Fsp3) is 0.222. The second-order valence-electron chi connectivity index (χ2n) is 3.10. The quantitative estimate of drug-likeness (QED) is 0.637. The number of carbonyl (C=O) groups excluding carboxylic acids is 1. The van der Waals surface area contributed by atoms with Crippen molar-refractivity contribution < 1.29 is 13.2 Å². The number of hydrogen-bond acceptors (Lipinski definition) is 3. The van der Waals surface area contributed by atoms with E-state index in [-0.39, 0.29) is 5.56 Å². The van der Waals surface area contributed by atoms with Gasteiger partial charge >= 0.3 is 0 Å². The fourth-order valence-electron chi connectivity index (χ4n) is 0.950. The molecule has 16 heavy (non-hydrogen) atoms. The van der Waals surface area contributed by atoms with Gasteiger partial charge in [-0.05, 0) is 54.7 Å². The topological polar surface area (TPSA) is 51.2 Å². The minimum Gasteiger partial charge on any atom is -0.276 e. The summed E-state index contributed by atoms with van der Waals surface area (Å²) in [6.07, 6.45) is 0. The van der Waals surface area contributed by atoms with E-state index in [1.165, 1.54) is 12.1 Å². The molecule has 0 aliphatic heterocycles. The number of carbonyl (C=O) groups is 1. The highest BCUT2D eigenvalue weighted by Crippen LogP contribution is 2.41. The van der Waals surface area contributed by atoms with Crippen LogP contribution in [0.3, 0.4) is 0 Å². The molecule has 7 heteroatoms. The molecule has 88 valence electrons. The summed E-state index contributed by atoms with van der Waals surface area (Å²) in [5.74, 6) is 0. The Hall–Kier alpha value is 0.280. The molecular formula is C9H7Br3O3S. The summed E-state index contributed by atoms with van der Waals surface area (Å²) in [7, 11) is -4.03. The fourth-order valence-corrected chi connectivity index (χ4v) is 2.93. The standard InChI is InChI=1S/C9H7Br3O3S/c1-6-2-4-7(5-3-6)8(13)16(14,15)9(10,11)12/h2-5H,1H3. The van der Waals surface area contributed by atoms with E-state index in [1.54, 1.807) is 12.1 Å². The van der Waals surface area contributed by atoms with Crippen LogP contribution in [-0.2, 0) is 9.84 Å². The van der Waals surface area contributed by atoms with Gasteiger partial charge in [-0.25, -0.2) is 8.42 Å². The summed E-state index contributed by atoms with van der Waals surface area (Å²) in [4.78, 5) is 11.7. The highest BCUT2D eigenvalue weighted by Gasteiger charge is 2.42. The molecule has 0 aliphatic rings. The van der Waals surface area contributed by atoms with E-state index in [0.717, 1.165) is 5.56 Å². The first-order chi connectivity index (χ1) is 7.16. The second-order valence-corrected chi connectivity index (χ2v) is 13.4. The third-order valence-electron chi connectivity index (χ3n) is 1.84. The Kier molecular flexibility index (Phi) is 4.37. The summed E-state index contributed by atoms with van der Waals surface area (Å²) in [6.45, 7) is 1.85. The molecule has 0 saturated heterocycles. The third kappa shape index (κ3) is 2.94. The largest absolute Gasteiger partial charge is 0.279 e. The van der Waals surface area contributed by atoms with Crippen molar-refractivity contribution in [2.24, 2.45) is 0 Å². The highest BCUT2D eigenvalue weighted by atomic mass is 80.0. The number of benzene rings is 1. The maximum Gasteiger partial charge on any atom is 0.279 e. The number of rotatable bonds is 1. The van der Waals surface area contributed by atoms with Gasteiger partial charge in [0.1, 0.15) is 0 Å². The first kappa shape index (κ1) is 14.3. The summed E-state index contributed by atoms with van der Waals surface area (Å²) in [5, 5.41) is -0.946. The molecule has 3 nitrogen and oxygen atoms in total. The lowest BCUT2D eigenvalue weighted by Gasteiger charge is -2.12. The number of hydrogen-bond donors (Lipinski definition) is 0. The van der Waals surface area contributed by atoms with Gasteiger partial charge in [0.15, 0.2) is 0 Å². The van der Waals surface area contributed by atoms with Gasteiger partial charge in [0.05, 0.1) is 0 Å². The summed E-state index contributed by atoms with van der Waals surface area (Å²) < 4.78 is 21.9. The molecule has 0 aromatic heterocycles. The van der Waals surface area contributed by atoms with E-state index in [1.807, 2.05) is 6.92 Å². The van der Waals surface area contributed by atoms with Gasteiger partial charge in [0.2, 0.25) is 1.47 Å². The Bertz CT molecular complexity index is 500. The summed E-state index contributed by atoms with van der Waals surface area (Å²) in [5.41, 5.74) is 1.09. The average molecular weight is 435 g/mol. The molecule has 0 saturated carbocycles. The molecule has 0 bridgehead atoms. The van der Waals surface area contributed by atoms with Crippen molar-refractivity contribution in [1.82, 2.24) is 0 Å². The van der Waals surface area contributed by atoms with E-state index in [4.69, 9.17) is 0 Å². The molecule has 1 aromatic carbocycles. The van der Waals surface area contributed by atoms with Crippen molar-refractivity contribution in [3.8, 4) is 0 Å². The molecule has 0 spiro atoms. The van der Waals surface area contributed by atoms with Gasteiger partial charge in [0, 0.05) is 5.56 Å².